The predicted molar refractivity (Wildman–Crippen MR) is 64.1 cm³/mol. The molecule has 1 aliphatic heterocycles. The van der Waals surface area contributed by atoms with Crippen LogP contribution in [0.15, 0.2) is 18.2 Å². The third-order valence-corrected chi connectivity index (χ3v) is 2.97. The van der Waals surface area contributed by atoms with Crippen LogP contribution >= 0.6 is 0 Å². The minimum atomic E-state index is -0.227. The van der Waals surface area contributed by atoms with Gasteiger partial charge in [0.25, 0.3) is 5.91 Å². The van der Waals surface area contributed by atoms with Gasteiger partial charge in [0.2, 0.25) is 0 Å². The number of aromatic hydroxyl groups is 1. The minimum absolute atomic E-state index is 0.0326. The molecule has 1 aliphatic rings. The highest BCUT2D eigenvalue weighted by Gasteiger charge is 2.17. The number of phenolic OH excluding ortho intramolecular Hbond substituents is 1. The zero-order chi connectivity index (χ0) is 12.3. The molecule has 0 aliphatic carbocycles. The van der Waals surface area contributed by atoms with E-state index in [0.717, 1.165) is 18.6 Å². The second-order valence-electron chi connectivity index (χ2n) is 4.46. The molecule has 1 aromatic carbocycles. The highest BCUT2D eigenvalue weighted by molar-refractivity contribution is 5.96. The van der Waals surface area contributed by atoms with Gasteiger partial charge in [0, 0.05) is 19.1 Å². The first-order valence-electron chi connectivity index (χ1n) is 5.82. The lowest BCUT2D eigenvalue weighted by Gasteiger charge is -2.10. The predicted octanol–water partition coefficient (Wildman–Crippen LogP) is 1.47. The van der Waals surface area contributed by atoms with E-state index in [-0.39, 0.29) is 11.7 Å². The maximum absolute atomic E-state index is 11.8. The van der Waals surface area contributed by atoms with Gasteiger partial charge in [-0.2, -0.15) is 0 Å². The minimum Gasteiger partial charge on any atom is -0.507 e. The van der Waals surface area contributed by atoms with Crippen LogP contribution in [0, 0.1) is 12.8 Å². The largest absolute Gasteiger partial charge is 0.507 e. The number of phenols is 1. The van der Waals surface area contributed by atoms with Crippen LogP contribution in [0.1, 0.15) is 22.3 Å². The summed E-state index contributed by atoms with van der Waals surface area (Å²) in [6.45, 7) is 3.96. The highest BCUT2D eigenvalue weighted by atomic mass is 16.5. The number of carbonyl (C=O) groups is 1. The van der Waals surface area contributed by atoms with Crippen molar-refractivity contribution < 1.29 is 14.6 Å². The summed E-state index contributed by atoms with van der Waals surface area (Å²) in [4.78, 5) is 11.8. The molecule has 0 bridgehead atoms. The third-order valence-electron chi connectivity index (χ3n) is 2.97. The number of hydrogen-bond acceptors (Lipinski definition) is 3. The number of benzene rings is 1. The van der Waals surface area contributed by atoms with Gasteiger partial charge in [0.05, 0.1) is 12.2 Å². The van der Waals surface area contributed by atoms with Crippen LogP contribution in [0.3, 0.4) is 0 Å². The molecule has 0 aromatic heterocycles. The molecule has 1 heterocycles. The van der Waals surface area contributed by atoms with Gasteiger partial charge in [-0.15, -0.1) is 0 Å². The molecule has 0 spiro atoms. The van der Waals surface area contributed by atoms with E-state index in [2.05, 4.69) is 5.32 Å². The number of hydrogen-bond donors (Lipinski definition) is 2. The van der Waals surface area contributed by atoms with Gasteiger partial charge in [-0.3, -0.25) is 4.79 Å². The average molecular weight is 235 g/mol. The Balaban J connectivity index is 1.94. The Hall–Kier alpha value is -1.55. The fraction of sp³-hybridized carbons (Fsp3) is 0.462. The van der Waals surface area contributed by atoms with E-state index in [4.69, 9.17) is 4.74 Å². The van der Waals surface area contributed by atoms with Gasteiger partial charge in [-0.05, 0) is 31.0 Å². The summed E-state index contributed by atoms with van der Waals surface area (Å²) in [7, 11) is 0. The summed E-state index contributed by atoms with van der Waals surface area (Å²) in [5.74, 6) is 0.200. The van der Waals surface area contributed by atoms with E-state index >= 15 is 0 Å². The quantitative estimate of drug-likeness (QED) is 0.834. The van der Waals surface area contributed by atoms with Crippen LogP contribution in [-0.2, 0) is 4.74 Å². The van der Waals surface area contributed by atoms with Crippen LogP contribution in [0.5, 0.6) is 5.75 Å². The van der Waals surface area contributed by atoms with Crippen LogP contribution in [-0.4, -0.2) is 30.8 Å². The number of amides is 1. The summed E-state index contributed by atoms with van der Waals surface area (Å²) >= 11 is 0. The van der Waals surface area contributed by atoms with E-state index in [0.29, 0.717) is 24.6 Å². The summed E-state index contributed by atoms with van der Waals surface area (Å²) in [5, 5.41) is 12.5. The monoisotopic (exact) mass is 235 g/mol. The first kappa shape index (κ1) is 11.9. The standard InChI is InChI=1S/C13H17NO3/c1-9-2-3-11(12(15)6-9)13(16)14-7-10-4-5-17-8-10/h2-3,6,10,15H,4-5,7-8H2,1H3,(H,14,16). The van der Waals surface area contributed by atoms with Gasteiger partial charge in [-0.1, -0.05) is 6.07 Å². The molecule has 1 fully saturated rings. The maximum atomic E-state index is 11.8. The first-order chi connectivity index (χ1) is 8.16. The maximum Gasteiger partial charge on any atom is 0.255 e. The van der Waals surface area contributed by atoms with Crippen molar-refractivity contribution in [2.45, 2.75) is 13.3 Å². The van der Waals surface area contributed by atoms with Crippen molar-refractivity contribution in [1.82, 2.24) is 5.32 Å². The Morgan fingerprint density at radius 1 is 1.59 bits per heavy atom. The number of nitrogens with one attached hydrogen (secondary N) is 1. The summed E-state index contributed by atoms with van der Waals surface area (Å²) < 4.78 is 5.23. The molecule has 1 amide bonds. The van der Waals surface area contributed by atoms with Gasteiger partial charge in [0.1, 0.15) is 5.75 Å². The molecule has 1 aromatic rings. The molecule has 1 unspecified atom stereocenters. The van der Waals surface area contributed by atoms with Gasteiger partial charge in [0.15, 0.2) is 0 Å². The Kier molecular flexibility index (Phi) is 3.64. The van der Waals surface area contributed by atoms with Crippen molar-refractivity contribution in [2.75, 3.05) is 19.8 Å². The molecule has 2 rings (SSSR count). The van der Waals surface area contributed by atoms with Crippen molar-refractivity contribution in [1.29, 1.82) is 0 Å². The molecule has 0 saturated carbocycles. The summed E-state index contributed by atoms with van der Waals surface area (Å²) in [6.07, 6.45) is 0.986. The number of carbonyl (C=O) groups excluding carboxylic acids is 1. The van der Waals surface area contributed by atoms with E-state index < -0.39 is 0 Å². The molecule has 4 heteroatoms. The second-order valence-corrected chi connectivity index (χ2v) is 4.46. The van der Waals surface area contributed by atoms with E-state index in [9.17, 15) is 9.90 Å². The zero-order valence-corrected chi connectivity index (χ0v) is 9.90. The molecule has 17 heavy (non-hydrogen) atoms. The molecule has 2 N–H and O–H groups in total. The Morgan fingerprint density at radius 2 is 2.41 bits per heavy atom. The lowest BCUT2D eigenvalue weighted by molar-refractivity contribution is 0.0942. The Labute approximate surface area is 101 Å². The number of aryl methyl sites for hydroxylation is 1. The van der Waals surface area contributed by atoms with E-state index in [1.165, 1.54) is 0 Å². The average Bonchev–Trinajstić information content (AvgIpc) is 2.78. The van der Waals surface area contributed by atoms with Gasteiger partial charge in [-0.25, -0.2) is 0 Å². The van der Waals surface area contributed by atoms with Crippen LogP contribution in [0.4, 0.5) is 0 Å². The molecule has 4 nitrogen and oxygen atoms in total. The molecule has 1 saturated heterocycles. The number of rotatable bonds is 3. The molecule has 92 valence electrons. The van der Waals surface area contributed by atoms with Crippen molar-refractivity contribution in [2.24, 2.45) is 5.92 Å². The topological polar surface area (TPSA) is 58.6 Å². The van der Waals surface area contributed by atoms with Crippen molar-refractivity contribution in [3.05, 3.63) is 29.3 Å². The van der Waals surface area contributed by atoms with Gasteiger partial charge < -0.3 is 15.2 Å². The third kappa shape index (κ3) is 2.97. The van der Waals surface area contributed by atoms with Crippen molar-refractivity contribution in [3.8, 4) is 5.75 Å². The normalized spacial score (nSPS) is 19.2. The van der Waals surface area contributed by atoms with E-state index in [1.54, 1.807) is 12.1 Å². The van der Waals surface area contributed by atoms with Crippen molar-refractivity contribution in [3.63, 3.8) is 0 Å². The van der Waals surface area contributed by atoms with E-state index in [1.807, 2.05) is 13.0 Å². The van der Waals surface area contributed by atoms with Crippen LogP contribution in [0.2, 0.25) is 0 Å². The lowest BCUT2D eigenvalue weighted by Crippen LogP contribution is -2.29. The van der Waals surface area contributed by atoms with Crippen molar-refractivity contribution >= 4 is 5.91 Å². The lowest BCUT2D eigenvalue weighted by atomic mass is 10.1. The molecular formula is C13H17NO3. The summed E-state index contributed by atoms with van der Waals surface area (Å²) in [6, 6.07) is 5.05. The molecular weight excluding hydrogens is 218 g/mol. The molecule has 1 atom stereocenters. The highest BCUT2D eigenvalue weighted by Crippen LogP contribution is 2.18. The smallest absolute Gasteiger partial charge is 0.255 e. The van der Waals surface area contributed by atoms with Crippen LogP contribution in [0.25, 0.3) is 0 Å². The number of ether oxygens (including phenoxy) is 1. The fourth-order valence-electron chi connectivity index (χ4n) is 1.91. The fourth-order valence-corrected chi connectivity index (χ4v) is 1.91. The molecule has 0 radical (unpaired) electrons. The Morgan fingerprint density at radius 3 is 3.06 bits per heavy atom. The SMILES string of the molecule is Cc1ccc(C(=O)NCC2CCOC2)c(O)c1. The zero-order valence-electron chi connectivity index (χ0n) is 9.90. The first-order valence-corrected chi connectivity index (χ1v) is 5.82. The van der Waals surface area contributed by atoms with Crippen LogP contribution < -0.4 is 5.32 Å². The Bertz CT molecular complexity index is 411. The summed E-state index contributed by atoms with van der Waals surface area (Å²) in [5.41, 5.74) is 1.26. The van der Waals surface area contributed by atoms with Gasteiger partial charge >= 0.3 is 0 Å². The second kappa shape index (κ2) is 5.19.